The molecule has 0 unspecified atom stereocenters. The maximum absolute atomic E-state index is 14.2. The zero-order chi connectivity index (χ0) is 19.7. The van der Waals surface area contributed by atoms with Gasteiger partial charge in [-0.15, -0.1) is 20.4 Å². The lowest BCUT2D eigenvalue weighted by atomic mass is 10.2. The van der Waals surface area contributed by atoms with Gasteiger partial charge in [0.1, 0.15) is 10.8 Å². The lowest BCUT2D eigenvalue weighted by Crippen LogP contribution is -2.15. The molecule has 1 aliphatic carbocycles. The van der Waals surface area contributed by atoms with Crippen molar-refractivity contribution in [2.45, 2.75) is 43.8 Å². The molecule has 2 heterocycles. The normalized spacial score (nSPS) is 13.9. The van der Waals surface area contributed by atoms with Gasteiger partial charge in [-0.25, -0.2) is 4.39 Å². The Hall–Kier alpha value is -2.33. The smallest absolute Gasteiger partial charge is 0.236 e. The number of carbonyl (C=O) groups is 1. The van der Waals surface area contributed by atoms with Crippen molar-refractivity contribution in [1.29, 1.82) is 0 Å². The first-order valence-corrected chi connectivity index (χ1v) is 10.8. The number of amides is 1. The Bertz CT molecular complexity index is 998. The van der Waals surface area contributed by atoms with Gasteiger partial charge < -0.3 is 0 Å². The number of halogens is 1. The highest BCUT2D eigenvalue weighted by atomic mass is 32.2. The monoisotopic (exact) mass is 418 g/mol. The van der Waals surface area contributed by atoms with E-state index in [4.69, 9.17) is 0 Å². The summed E-state index contributed by atoms with van der Waals surface area (Å²) in [6.45, 7) is 3.94. The third-order valence-corrected chi connectivity index (χ3v) is 6.19. The van der Waals surface area contributed by atoms with Crippen LogP contribution in [0.5, 0.6) is 0 Å². The molecule has 0 radical (unpaired) electrons. The maximum atomic E-state index is 14.2. The third kappa shape index (κ3) is 4.07. The number of rotatable bonds is 7. The summed E-state index contributed by atoms with van der Waals surface area (Å²) in [5.41, 5.74) is 0.390. The summed E-state index contributed by atoms with van der Waals surface area (Å²) >= 11 is 2.69. The average molecular weight is 419 g/mol. The van der Waals surface area contributed by atoms with Crippen LogP contribution in [0.2, 0.25) is 0 Å². The van der Waals surface area contributed by atoms with Crippen molar-refractivity contribution in [2.24, 2.45) is 0 Å². The Morgan fingerprint density at radius 2 is 2.07 bits per heavy atom. The van der Waals surface area contributed by atoms with Crippen LogP contribution in [-0.4, -0.2) is 36.6 Å². The van der Waals surface area contributed by atoms with Crippen molar-refractivity contribution in [3.8, 4) is 11.4 Å². The number of benzene rings is 1. The number of anilines is 1. The molecule has 10 heteroatoms. The lowest BCUT2D eigenvalue weighted by molar-refractivity contribution is -0.113. The Morgan fingerprint density at radius 3 is 2.79 bits per heavy atom. The van der Waals surface area contributed by atoms with Crippen LogP contribution in [0.25, 0.3) is 11.4 Å². The minimum atomic E-state index is -0.353. The first-order chi connectivity index (χ1) is 13.5. The zero-order valence-electron chi connectivity index (χ0n) is 15.4. The van der Waals surface area contributed by atoms with Crippen LogP contribution >= 0.6 is 23.1 Å². The standard InChI is InChI=1S/C18H19FN6OS2/c1-10(2)25-15(12-5-3-4-6-13(12)19)21-24-18(25)27-9-14(26)20-17-23-22-16(28-17)11-7-8-11/h3-6,10-11H,7-9H2,1-2H3,(H,20,23,26). The van der Waals surface area contributed by atoms with Gasteiger partial charge in [0.25, 0.3) is 0 Å². The summed E-state index contributed by atoms with van der Waals surface area (Å²) in [5, 5.41) is 21.3. The van der Waals surface area contributed by atoms with E-state index in [0.29, 0.717) is 27.6 Å². The number of nitrogens with zero attached hydrogens (tertiary/aromatic N) is 5. The summed E-state index contributed by atoms with van der Waals surface area (Å²) < 4.78 is 16.0. The molecule has 146 valence electrons. The van der Waals surface area contributed by atoms with Crippen LogP contribution in [0, 0.1) is 5.82 Å². The topological polar surface area (TPSA) is 85.6 Å². The molecule has 0 bridgehead atoms. The number of carbonyl (C=O) groups excluding carboxylic acids is 1. The fourth-order valence-electron chi connectivity index (χ4n) is 2.73. The predicted molar refractivity (Wildman–Crippen MR) is 107 cm³/mol. The fourth-order valence-corrected chi connectivity index (χ4v) is 4.53. The number of nitrogens with one attached hydrogen (secondary N) is 1. The number of thioether (sulfide) groups is 1. The summed E-state index contributed by atoms with van der Waals surface area (Å²) in [6.07, 6.45) is 2.29. The minimum Gasteiger partial charge on any atom is -0.300 e. The van der Waals surface area contributed by atoms with E-state index in [1.807, 2.05) is 18.4 Å². The first-order valence-electron chi connectivity index (χ1n) is 8.98. The highest BCUT2D eigenvalue weighted by Crippen LogP contribution is 2.42. The van der Waals surface area contributed by atoms with Crippen LogP contribution in [0.15, 0.2) is 29.4 Å². The van der Waals surface area contributed by atoms with Gasteiger partial charge in [-0.3, -0.25) is 14.7 Å². The van der Waals surface area contributed by atoms with Crippen molar-refractivity contribution in [3.05, 3.63) is 35.1 Å². The molecule has 0 aliphatic heterocycles. The van der Waals surface area contributed by atoms with E-state index in [2.05, 4.69) is 25.7 Å². The molecule has 4 rings (SSSR count). The van der Waals surface area contributed by atoms with E-state index in [9.17, 15) is 9.18 Å². The van der Waals surface area contributed by atoms with Crippen LogP contribution in [0.1, 0.15) is 43.7 Å². The van der Waals surface area contributed by atoms with E-state index in [1.54, 1.807) is 18.2 Å². The largest absolute Gasteiger partial charge is 0.300 e. The molecular formula is C18H19FN6OS2. The highest BCUT2D eigenvalue weighted by Gasteiger charge is 2.28. The second-order valence-corrected chi connectivity index (χ2v) is 8.76. The molecule has 0 atom stereocenters. The molecule has 1 fully saturated rings. The van der Waals surface area contributed by atoms with Gasteiger partial charge in [0.2, 0.25) is 11.0 Å². The summed E-state index contributed by atoms with van der Waals surface area (Å²) in [7, 11) is 0. The quantitative estimate of drug-likeness (QED) is 0.581. The number of hydrogen-bond donors (Lipinski definition) is 1. The van der Waals surface area contributed by atoms with Crippen LogP contribution in [-0.2, 0) is 4.79 Å². The summed E-state index contributed by atoms with van der Waals surface area (Å²) in [4.78, 5) is 12.3. The van der Waals surface area contributed by atoms with Gasteiger partial charge in [0.15, 0.2) is 11.0 Å². The second kappa shape index (κ2) is 7.96. The zero-order valence-corrected chi connectivity index (χ0v) is 17.1. The maximum Gasteiger partial charge on any atom is 0.236 e. The molecule has 1 N–H and O–H groups in total. The second-order valence-electron chi connectivity index (χ2n) is 6.81. The van der Waals surface area contributed by atoms with E-state index >= 15 is 0 Å². The van der Waals surface area contributed by atoms with Crippen LogP contribution < -0.4 is 5.32 Å². The van der Waals surface area contributed by atoms with Gasteiger partial charge in [-0.2, -0.15) is 0 Å². The molecule has 28 heavy (non-hydrogen) atoms. The van der Waals surface area contributed by atoms with Crippen LogP contribution in [0.3, 0.4) is 0 Å². The van der Waals surface area contributed by atoms with Gasteiger partial charge in [0, 0.05) is 12.0 Å². The van der Waals surface area contributed by atoms with E-state index in [1.165, 1.54) is 29.2 Å². The van der Waals surface area contributed by atoms with E-state index in [-0.39, 0.29) is 23.5 Å². The number of aromatic nitrogens is 5. The average Bonchev–Trinajstić information content (AvgIpc) is 3.26. The third-order valence-electron chi connectivity index (χ3n) is 4.24. The molecule has 7 nitrogen and oxygen atoms in total. The van der Waals surface area contributed by atoms with E-state index < -0.39 is 0 Å². The summed E-state index contributed by atoms with van der Waals surface area (Å²) in [6, 6.07) is 6.48. The van der Waals surface area contributed by atoms with Crippen molar-refractivity contribution in [2.75, 3.05) is 11.1 Å². The van der Waals surface area contributed by atoms with Crippen molar-refractivity contribution >= 4 is 34.1 Å². The predicted octanol–water partition coefficient (Wildman–Crippen LogP) is 4.12. The number of hydrogen-bond acceptors (Lipinski definition) is 7. The molecule has 1 amide bonds. The molecule has 0 spiro atoms. The molecule has 1 saturated carbocycles. The lowest BCUT2D eigenvalue weighted by Gasteiger charge is -2.14. The molecule has 0 saturated heterocycles. The van der Waals surface area contributed by atoms with E-state index in [0.717, 1.165) is 17.8 Å². The SMILES string of the molecule is CC(C)n1c(SCC(=O)Nc2nnc(C3CC3)s2)nnc1-c1ccccc1F. The van der Waals surface area contributed by atoms with Gasteiger partial charge >= 0.3 is 0 Å². The molecular weight excluding hydrogens is 399 g/mol. The van der Waals surface area contributed by atoms with Crippen molar-refractivity contribution in [3.63, 3.8) is 0 Å². The minimum absolute atomic E-state index is 0.0134. The van der Waals surface area contributed by atoms with Gasteiger partial charge in [0.05, 0.1) is 11.3 Å². The molecule has 3 aromatic rings. The first kappa shape index (κ1) is 19.0. The van der Waals surface area contributed by atoms with Gasteiger partial charge in [-0.05, 0) is 38.8 Å². The molecule has 2 aromatic heterocycles. The fraction of sp³-hybridized carbons (Fsp3) is 0.389. The van der Waals surface area contributed by atoms with Crippen LogP contribution in [0.4, 0.5) is 9.52 Å². The highest BCUT2D eigenvalue weighted by molar-refractivity contribution is 7.99. The van der Waals surface area contributed by atoms with Gasteiger partial charge in [-0.1, -0.05) is 35.2 Å². The molecule has 1 aliphatic rings. The van der Waals surface area contributed by atoms with Crippen molar-refractivity contribution in [1.82, 2.24) is 25.0 Å². The summed E-state index contributed by atoms with van der Waals surface area (Å²) in [5.74, 6) is 0.580. The Balaban J connectivity index is 1.45. The Kier molecular flexibility index (Phi) is 5.40. The Labute approximate surface area is 169 Å². The van der Waals surface area contributed by atoms with Crippen molar-refractivity contribution < 1.29 is 9.18 Å². The Morgan fingerprint density at radius 1 is 1.29 bits per heavy atom. The molecule has 1 aromatic carbocycles.